The van der Waals surface area contributed by atoms with Crippen LogP contribution in [0.15, 0.2) is 54.6 Å². The maximum atomic E-state index is 10.4. The van der Waals surface area contributed by atoms with Crippen LogP contribution in [0.25, 0.3) is 0 Å². The minimum absolute atomic E-state index is 0.0276. The summed E-state index contributed by atoms with van der Waals surface area (Å²) in [6.07, 6.45) is 0.961. The fraction of sp³-hybridized carbons (Fsp3) is 0.316. The van der Waals surface area contributed by atoms with E-state index in [0.29, 0.717) is 12.6 Å². The number of rotatable bonds is 4. The van der Waals surface area contributed by atoms with Crippen molar-refractivity contribution in [1.29, 1.82) is 0 Å². The van der Waals surface area contributed by atoms with Gasteiger partial charge in [-0.15, -0.1) is 0 Å². The summed E-state index contributed by atoms with van der Waals surface area (Å²) in [6.45, 7) is 3.68. The van der Waals surface area contributed by atoms with E-state index in [4.69, 9.17) is 5.11 Å². The molecule has 0 saturated heterocycles. The molecule has 122 valence electrons. The molecule has 2 aromatic rings. The zero-order chi connectivity index (χ0) is 16.5. The maximum absolute atomic E-state index is 10.4. The molecule has 0 unspecified atom stereocenters. The predicted molar refractivity (Wildman–Crippen MR) is 92.5 cm³/mol. The molecule has 3 N–H and O–H groups in total. The van der Waals surface area contributed by atoms with Crippen LogP contribution < -0.4 is 10.6 Å². The van der Waals surface area contributed by atoms with Crippen molar-refractivity contribution in [1.82, 2.24) is 10.6 Å². The molecule has 0 aromatic heterocycles. The first-order chi connectivity index (χ1) is 11.1. The van der Waals surface area contributed by atoms with Crippen LogP contribution in [0.1, 0.15) is 16.7 Å². The van der Waals surface area contributed by atoms with E-state index < -0.39 is 5.97 Å². The van der Waals surface area contributed by atoms with Gasteiger partial charge < -0.3 is 15.7 Å². The van der Waals surface area contributed by atoms with Crippen molar-refractivity contribution >= 4 is 5.97 Å². The molecular formula is C19H24N2O2. The van der Waals surface area contributed by atoms with Crippen LogP contribution in [0.4, 0.5) is 0 Å². The van der Waals surface area contributed by atoms with Gasteiger partial charge in [0.2, 0.25) is 0 Å². The number of carbonyl (C=O) groups is 1. The molecule has 3 rings (SSSR count). The van der Waals surface area contributed by atoms with Crippen LogP contribution in [-0.2, 0) is 17.8 Å². The average molecular weight is 312 g/mol. The van der Waals surface area contributed by atoms with Gasteiger partial charge in [0.25, 0.3) is 0 Å². The molecule has 0 fully saturated rings. The van der Waals surface area contributed by atoms with Gasteiger partial charge in [-0.25, -0.2) is 0 Å². The summed E-state index contributed by atoms with van der Waals surface area (Å²) in [6, 6.07) is 18.9. The van der Waals surface area contributed by atoms with Crippen LogP contribution in [0.2, 0.25) is 0 Å². The minimum Gasteiger partial charge on any atom is -0.480 e. The summed E-state index contributed by atoms with van der Waals surface area (Å²) in [4.78, 5) is 10.4. The molecule has 1 atom stereocenters. The maximum Gasteiger partial charge on any atom is 0.317 e. The molecule has 0 radical (unpaired) electrons. The number of aryl methyl sites for hydroxylation is 1. The largest absolute Gasteiger partial charge is 0.480 e. The lowest BCUT2D eigenvalue weighted by Crippen LogP contribution is -2.44. The normalized spacial score (nSPS) is 16.0. The van der Waals surface area contributed by atoms with Gasteiger partial charge >= 0.3 is 5.97 Å². The van der Waals surface area contributed by atoms with Crippen molar-refractivity contribution in [3.8, 4) is 0 Å². The highest BCUT2D eigenvalue weighted by Gasteiger charge is 2.16. The Kier molecular flexibility index (Phi) is 6.78. The van der Waals surface area contributed by atoms with Crippen LogP contribution >= 0.6 is 0 Å². The Morgan fingerprint density at radius 1 is 1.13 bits per heavy atom. The topological polar surface area (TPSA) is 61.4 Å². The number of aliphatic carboxylic acids is 1. The van der Waals surface area contributed by atoms with Crippen molar-refractivity contribution in [2.24, 2.45) is 0 Å². The van der Waals surface area contributed by atoms with Gasteiger partial charge in [0.05, 0.1) is 6.54 Å². The minimum atomic E-state index is -0.809. The van der Waals surface area contributed by atoms with Crippen molar-refractivity contribution in [2.45, 2.75) is 25.9 Å². The van der Waals surface area contributed by atoms with Gasteiger partial charge in [-0.1, -0.05) is 60.2 Å². The Morgan fingerprint density at radius 3 is 2.39 bits per heavy atom. The number of benzene rings is 2. The van der Waals surface area contributed by atoms with E-state index in [9.17, 15) is 4.79 Å². The van der Waals surface area contributed by atoms with Gasteiger partial charge in [0.15, 0.2) is 0 Å². The Hall–Kier alpha value is -2.17. The third-order valence-electron chi connectivity index (χ3n) is 3.77. The number of hydrogen-bond acceptors (Lipinski definition) is 3. The molecule has 23 heavy (non-hydrogen) atoms. The average Bonchev–Trinajstić information content (AvgIpc) is 2.56. The summed E-state index contributed by atoms with van der Waals surface area (Å²) >= 11 is 0. The number of hydrogen-bond donors (Lipinski definition) is 3. The highest BCUT2D eigenvalue weighted by Crippen LogP contribution is 2.15. The third kappa shape index (κ3) is 6.22. The number of fused-ring (bicyclic) bond motifs is 1. The van der Waals surface area contributed by atoms with Crippen molar-refractivity contribution < 1.29 is 9.90 Å². The van der Waals surface area contributed by atoms with Crippen LogP contribution in [0, 0.1) is 6.92 Å². The first-order valence-corrected chi connectivity index (χ1v) is 7.89. The standard InChI is InChI=1S/C12H16N2O2.C7H8/c15-12(16)8-13-7-11-5-9-3-1-2-4-10(9)6-14-11;1-7-5-3-2-4-6-7/h1-4,11,13-14H,5-8H2,(H,15,16);2-6H,1H3/t11-;/m0./s1. The quantitative estimate of drug-likeness (QED) is 0.811. The zero-order valence-corrected chi connectivity index (χ0v) is 13.5. The van der Waals surface area contributed by atoms with Crippen LogP contribution in [0.3, 0.4) is 0 Å². The SMILES string of the molecule is Cc1ccccc1.O=C(O)CNC[C@@H]1Cc2ccccc2CN1. The third-order valence-corrected chi connectivity index (χ3v) is 3.77. The molecule has 0 spiro atoms. The second-order valence-corrected chi connectivity index (χ2v) is 5.73. The van der Waals surface area contributed by atoms with E-state index in [1.807, 2.05) is 30.3 Å². The number of carboxylic acids is 1. The molecule has 0 saturated carbocycles. The van der Waals surface area contributed by atoms with Gasteiger partial charge in [0.1, 0.15) is 0 Å². The zero-order valence-electron chi connectivity index (χ0n) is 13.5. The predicted octanol–water partition coefficient (Wildman–Crippen LogP) is 2.37. The summed E-state index contributed by atoms with van der Waals surface area (Å²) in [5.41, 5.74) is 4.03. The van der Waals surface area contributed by atoms with E-state index in [-0.39, 0.29) is 6.54 Å². The monoisotopic (exact) mass is 312 g/mol. The van der Waals surface area contributed by atoms with E-state index >= 15 is 0 Å². The van der Waals surface area contributed by atoms with Crippen LogP contribution in [-0.4, -0.2) is 30.2 Å². The molecule has 0 amide bonds. The highest BCUT2D eigenvalue weighted by molar-refractivity contribution is 5.68. The van der Waals surface area contributed by atoms with E-state index in [0.717, 1.165) is 13.0 Å². The molecule has 0 aliphatic carbocycles. The number of nitrogens with one attached hydrogen (secondary N) is 2. The van der Waals surface area contributed by atoms with E-state index in [2.05, 4.69) is 41.8 Å². The first kappa shape index (κ1) is 17.2. The highest BCUT2D eigenvalue weighted by atomic mass is 16.4. The van der Waals surface area contributed by atoms with Crippen LogP contribution in [0.5, 0.6) is 0 Å². The second-order valence-electron chi connectivity index (χ2n) is 5.73. The second kappa shape index (κ2) is 9.08. The Labute approximate surface area is 137 Å². The molecule has 4 nitrogen and oxygen atoms in total. The molecule has 1 aliphatic rings. The van der Waals surface area contributed by atoms with Gasteiger partial charge in [-0.2, -0.15) is 0 Å². The fourth-order valence-corrected chi connectivity index (χ4v) is 2.55. The number of carboxylic acid groups (broad SMARTS) is 1. The Bertz CT molecular complexity index is 614. The molecule has 1 aliphatic heterocycles. The lowest BCUT2D eigenvalue weighted by molar-refractivity contribution is -0.135. The van der Waals surface area contributed by atoms with Crippen molar-refractivity contribution in [2.75, 3.05) is 13.1 Å². The van der Waals surface area contributed by atoms with Gasteiger partial charge in [0, 0.05) is 19.1 Å². The summed E-state index contributed by atoms with van der Waals surface area (Å²) in [5.74, 6) is -0.809. The smallest absolute Gasteiger partial charge is 0.317 e. The Morgan fingerprint density at radius 2 is 1.78 bits per heavy atom. The summed E-state index contributed by atoms with van der Waals surface area (Å²) in [7, 11) is 0. The summed E-state index contributed by atoms with van der Waals surface area (Å²) < 4.78 is 0. The molecule has 2 aromatic carbocycles. The molecule has 1 heterocycles. The molecule has 0 bridgehead atoms. The van der Waals surface area contributed by atoms with E-state index in [1.54, 1.807) is 0 Å². The van der Waals surface area contributed by atoms with E-state index in [1.165, 1.54) is 16.7 Å². The summed E-state index contributed by atoms with van der Waals surface area (Å²) in [5, 5.41) is 14.8. The van der Waals surface area contributed by atoms with Gasteiger partial charge in [-0.05, 0) is 24.5 Å². The molecular weight excluding hydrogens is 288 g/mol. The van der Waals surface area contributed by atoms with Gasteiger partial charge in [-0.3, -0.25) is 4.79 Å². The lowest BCUT2D eigenvalue weighted by atomic mass is 9.96. The Balaban J connectivity index is 0.000000229. The first-order valence-electron chi connectivity index (χ1n) is 7.89. The fourth-order valence-electron chi connectivity index (χ4n) is 2.55. The lowest BCUT2D eigenvalue weighted by Gasteiger charge is -2.26. The van der Waals surface area contributed by atoms with Crippen molar-refractivity contribution in [3.05, 3.63) is 71.3 Å². The van der Waals surface area contributed by atoms with Crippen molar-refractivity contribution in [3.63, 3.8) is 0 Å². The molecule has 4 heteroatoms.